The van der Waals surface area contributed by atoms with E-state index in [0.717, 1.165) is 22.5 Å². The molecule has 0 atom stereocenters. The fourth-order valence-electron chi connectivity index (χ4n) is 4.24. The lowest BCUT2D eigenvalue weighted by Crippen LogP contribution is -2.21. The molecule has 2 aromatic heterocycles. The molecule has 0 spiro atoms. The average molecular weight is 449 g/mol. The van der Waals surface area contributed by atoms with Gasteiger partial charge in [0.05, 0.1) is 22.6 Å². The Kier molecular flexibility index (Phi) is 5.34. The number of hydrogen-bond acceptors (Lipinski definition) is 4. The van der Waals surface area contributed by atoms with Crippen molar-refractivity contribution in [1.82, 2.24) is 14.3 Å². The Bertz CT molecular complexity index is 1610. The van der Waals surface area contributed by atoms with Gasteiger partial charge in [-0.25, -0.2) is 14.2 Å². The van der Waals surface area contributed by atoms with Crippen LogP contribution in [0.5, 0.6) is 5.88 Å². The Labute approximate surface area is 197 Å². The van der Waals surface area contributed by atoms with Crippen molar-refractivity contribution in [1.29, 1.82) is 0 Å². The molecule has 3 aromatic carbocycles. The number of aliphatic imine (C=N–C) groups is 1. The second-order valence-electron chi connectivity index (χ2n) is 8.36. The molecule has 0 bridgehead atoms. The zero-order valence-corrected chi connectivity index (χ0v) is 19.2. The lowest BCUT2D eigenvalue weighted by molar-refractivity contribution is 0.436. The monoisotopic (exact) mass is 448 g/mol. The van der Waals surface area contributed by atoms with Gasteiger partial charge in [-0.3, -0.25) is 4.79 Å². The molecule has 0 aliphatic heterocycles. The Morgan fingerprint density at radius 3 is 2.32 bits per heavy atom. The van der Waals surface area contributed by atoms with Gasteiger partial charge in [-0.2, -0.15) is 5.10 Å². The van der Waals surface area contributed by atoms with Crippen LogP contribution in [0.3, 0.4) is 0 Å². The van der Waals surface area contributed by atoms with Crippen LogP contribution in [0, 0.1) is 20.8 Å². The Hall–Kier alpha value is -4.45. The third kappa shape index (κ3) is 3.69. The van der Waals surface area contributed by atoms with E-state index in [0.29, 0.717) is 27.8 Å². The van der Waals surface area contributed by atoms with E-state index >= 15 is 0 Å². The maximum absolute atomic E-state index is 13.4. The summed E-state index contributed by atoms with van der Waals surface area (Å²) in [5.41, 5.74) is 4.52. The van der Waals surface area contributed by atoms with Crippen molar-refractivity contribution in [2.45, 2.75) is 20.8 Å². The number of benzene rings is 3. The molecule has 0 unspecified atom stereocenters. The first-order valence-corrected chi connectivity index (χ1v) is 11.0. The van der Waals surface area contributed by atoms with Gasteiger partial charge in [-0.1, -0.05) is 54.1 Å². The number of rotatable bonds is 4. The van der Waals surface area contributed by atoms with Crippen molar-refractivity contribution in [3.05, 3.63) is 112 Å². The van der Waals surface area contributed by atoms with Gasteiger partial charge in [-0.15, -0.1) is 0 Å². The van der Waals surface area contributed by atoms with Gasteiger partial charge >= 0.3 is 0 Å². The SMILES string of the molecule is Cc1ccc(-n2c(O)c(C=Nc3cc(C)nn3-c3ccccc3)c3ccccc3c2=O)c(C)c1. The molecular formula is C28H24N4O2. The highest BCUT2D eigenvalue weighted by Gasteiger charge is 2.18. The van der Waals surface area contributed by atoms with Gasteiger partial charge in [0.2, 0.25) is 5.88 Å². The summed E-state index contributed by atoms with van der Waals surface area (Å²) in [5.74, 6) is 0.471. The van der Waals surface area contributed by atoms with Crippen molar-refractivity contribution in [2.24, 2.45) is 4.99 Å². The molecule has 34 heavy (non-hydrogen) atoms. The van der Waals surface area contributed by atoms with Crippen LogP contribution in [0.15, 0.2) is 88.6 Å². The molecule has 0 amide bonds. The second kappa shape index (κ2) is 8.48. The zero-order chi connectivity index (χ0) is 23.8. The van der Waals surface area contributed by atoms with E-state index in [4.69, 9.17) is 0 Å². The summed E-state index contributed by atoms with van der Waals surface area (Å²) in [6.07, 6.45) is 1.60. The van der Waals surface area contributed by atoms with Gasteiger partial charge in [0.1, 0.15) is 0 Å². The molecular weight excluding hydrogens is 424 g/mol. The van der Waals surface area contributed by atoms with Crippen molar-refractivity contribution in [2.75, 3.05) is 0 Å². The van der Waals surface area contributed by atoms with E-state index in [1.807, 2.05) is 93.6 Å². The maximum Gasteiger partial charge on any atom is 0.265 e. The molecule has 1 N–H and O–H groups in total. The molecule has 0 aliphatic rings. The standard InChI is InChI=1S/C28H24N4O2/c1-18-13-14-25(19(2)15-18)31-27(33)23-12-8-7-11-22(23)24(28(31)34)17-29-26-16-20(3)30-32(26)21-9-5-4-6-10-21/h4-17,34H,1-3H3. The van der Waals surface area contributed by atoms with Crippen LogP contribution in [-0.2, 0) is 0 Å². The summed E-state index contributed by atoms with van der Waals surface area (Å²) in [6, 6.07) is 24.7. The van der Waals surface area contributed by atoms with Gasteiger partial charge < -0.3 is 5.11 Å². The lowest BCUT2D eigenvalue weighted by atomic mass is 10.1. The Morgan fingerprint density at radius 1 is 0.882 bits per heavy atom. The van der Waals surface area contributed by atoms with E-state index in [2.05, 4.69) is 10.1 Å². The largest absolute Gasteiger partial charge is 0.494 e. The minimum absolute atomic E-state index is 0.151. The molecule has 5 aromatic rings. The smallest absolute Gasteiger partial charge is 0.265 e. The van der Waals surface area contributed by atoms with Crippen LogP contribution >= 0.6 is 0 Å². The highest BCUT2D eigenvalue weighted by atomic mass is 16.3. The molecule has 0 fully saturated rings. The maximum atomic E-state index is 13.4. The van der Waals surface area contributed by atoms with Crippen LogP contribution in [0.1, 0.15) is 22.4 Å². The van der Waals surface area contributed by atoms with Crippen molar-refractivity contribution in [3.8, 4) is 17.3 Å². The number of aromatic nitrogens is 3. The van der Waals surface area contributed by atoms with Crippen LogP contribution in [0.25, 0.3) is 22.1 Å². The zero-order valence-electron chi connectivity index (χ0n) is 19.2. The van der Waals surface area contributed by atoms with Crippen LogP contribution in [0.2, 0.25) is 0 Å². The topological polar surface area (TPSA) is 72.4 Å². The average Bonchev–Trinajstić information content (AvgIpc) is 3.21. The van der Waals surface area contributed by atoms with E-state index in [9.17, 15) is 9.90 Å². The van der Waals surface area contributed by atoms with Gasteiger partial charge in [0.25, 0.3) is 5.56 Å². The Morgan fingerprint density at radius 2 is 1.59 bits per heavy atom. The number of pyridine rings is 1. The molecule has 5 rings (SSSR count). The lowest BCUT2D eigenvalue weighted by Gasteiger charge is -2.16. The quantitative estimate of drug-likeness (QED) is 0.366. The summed E-state index contributed by atoms with van der Waals surface area (Å²) >= 11 is 0. The molecule has 0 saturated heterocycles. The van der Waals surface area contributed by atoms with Crippen molar-refractivity contribution in [3.63, 3.8) is 0 Å². The molecule has 168 valence electrons. The summed E-state index contributed by atoms with van der Waals surface area (Å²) in [6.45, 7) is 5.83. The number of para-hydroxylation sites is 1. The second-order valence-corrected chi connectivity index (χ2v) is 8.36. The highest BCUT2D eigenvalue weighted by Crippen LogP contribution is 2.28. The van der Waals surface area contributed by atoms with Crippen molar-refractivity contribution >= 4 is 22.8 Å². The van der Waals surface area contributed by atoms with Crippen LogP contribution in [0.4, 0.5) is 5.82 Å². The van der Waals surface area contributed by atoms with E-state index in [1.54, 1.807) is 17.0 Å². The normalized spacial score (nSPS) is 11.5. The number of fused-ring (bicyclic) bond motifs is 1. The van der Waals surface area contributed by atoms with E-state index in [-0.39, 0.29) is 11.4 Å². The fourth-order valence-corrected chi connectivity index (χ4v) is 4.24. The first-order chi connectivity index (χ1) is 16.4. The first-order valence-electron chi connectivity index (χ1n) is 11.0. The molecule has 0 saturated carbocycles. The minimum atomic E-state index is -0.276. The predicted molar refractivity (Wildman–Crippen MR) is 136 cm³/mol. The predicted octanol–water partition coefficient (Wildman–Crippen LogP) is 5.56. The number of hydrogen-bond donors (Lipinski definition) is 1. The molecule has 6 nitrogen and oxygen atoms in total. The fraction of sp³-hybridized carbons (Fsp3) is 0.107. The van der Waals surface area contributed by atoms with Gasteiger partial charge in [-0.05, 0) is 50.6 Å². The third-order valence-corrected chi connectivity index (χ3v) is 5.84. The molecule has 6 heteroatoms. The first kappa shape index (κ1) is 21.4. The van der Waals surface area contributed by atoms with Crippen molar-refractivity contribution < 1.29 is 5.11 Å². The number of nitrogens with zero attached hydrogens (tertiary/aromatic N) is 4. The highest BCUT2D eigenvalue weighted by molar-refractivity contribution is 6.02. The third-order valence-electron chi connectivity index (χ3n) is 5.84. The number of aromatic hydroxyl groups is 1. The molecule has 2 heterocycles. The van der Waals surface area contributed by atoms with E-state index in [1.165, 1.54) is 4.57 Å². The van der Waals surface area contributed by atoms with Crippen LogP contribution < -0.4 is 5.56 Å². The van der Waals surface area contributed by atoms with Crippen LogP contribution in [-0.4, -0.2) is 25.7 Å². The summed E-state index contributed by atoms with van der Waals surface area (Å²) < 4.78 is 3.11. The number of aryl methyl sites for hydroxylation is 3. The minimum Gasteiger partial charge on any atom is -0.494 e. The molecule has 0 radical (unpaired) electrons. The van der Waals surface area contributed by atoms with Gasteiger partial charge in [0, 0.05) is 23.1 Å². The summed E-state index contributed by atoms with van der Waals surface area (Å²) in [5, 5.41) is 17.0. The van der Waals surface area contributed by atoms with E-state index < -0.39 is 0 Å². The Balaban J connectivity index is 1.73. The summed E-state index contributed by atoms with van der Waals surface area (Å²) in [7, 11) is 0. The molecule has 0 aliphatic carbocycles. The van der Waals surface area contributed by atoms with Gasteiger partial charge in [0.15, 0.2) is 5.82 Å². The summed E-state index contributed by atoms with van der Waals surface area (Å²) in [4.78, 5) is 18.1.